The second kappa shape index (κ2) is 3.56. The Kier molecular flexibility index (Phi) is 2.28. The molecule has 1 aliphatic carbocycles. The zero-order chi connectivity index (χ0) is 11.3. The van der Waals surface area contributed by atoms with Gasteiger partial charge >= 0.3 is 0 Å². The summed E-state index contributed by atoms with van der Waals surface area (Å²) in [7, 11) is 0. The van der Waals surface area contributed by atoms with Gasteiger partial charge in [-0.05, 0) is 35.4 Å². The highest BCUT2D eigenvalue weighted by atomic mass is 127. The van der Waals surface area contributed by atoms with E-state index in [0.717, 1.165) is 22.4 Å². The summed E-state index contributed by atoms with van der Waals surface area (Å²) >= 11 is 2.07. The van der Waals surface area contributed by atoms with Gasteiger partial charge in [0.25, 0.3) is 5.56 Å². The number of hydrogen-bond donors (Lipinski definition) is 2. The van der Waals surface area contributed by atoms with E-state index in [1.165, 1.54) is 0 Å². The second-order valence-electron chi connectivity index (χ2n) is 4.09. The van der Waals surface area contributed by atoms with Crippen LogP contribution in [0.4, 0.5) is 0 Å². The third-order valence-electron chi connectivity index (χ3n) is 3.03. The third-order valence-corrected chi connectivity index (χ3v) is 3.78. The van der Waals surface area contributed by atoms with Gasteiger partial charge in [0.2, 0.25) is 0 Å². The zero-order valence-electron chi connectivity index (χ0n) is 8.35. The molecule has 0 saturated heterocycles. The van der Waals surface area contributed by atoms with Gasteiger partial charge < -0.3 is 10.1 Å². The van der Waals surface area contributed by atoms with Crippen LogP contribution in [-0.2, 0) is 0 Å². The third kappa shape index (κ3) is 1.40. The summed E-state index contributed by atoms with van der Waals surface area (Å²) in [5, 5.41) is 9.31. The molecule has 16 heavy (non-hydrogen) atoms. The van der Waals surface area contributed by atoms with Crippen LogP contribution in [0.2, 0.25) is 0 Å². The van der Waals surface area contributed by atoms with Crippen LogP contribution in [-0.4, -0.2) is 25.6 Å². The van der Waals surface area contributed by atoms with Crippen molar-refractivity contribution >= 4 is 28.1 Å². The number of hydrogen-bond acceptors (Lipinski definition) is 3. The molecular formula is C10H10IN3O2. The van der Waals surface area contributed by atoms with Crippen molar-refractivity contribution in [2.24, 2.45) is 0 Å². The summed E-state index contributed by atoms with van der Waals surface area (Å²) in [6.07, 6.45) is 4.69. The number of imidazole rings is 1. The molecule has 3 rings (SSSR count). The van der Waals surface area contributed by atoms with Gasteiger partial charge in [-0.2, -0.15) is 0 Å². The summed E-state index contributed by atoms with van der Waals surface area (Å²) in [4.78, 5) is 18.7. The quantitative estimate of drug-likeness (QED) is 0.762. The van der Waals surface area contributed by atoms with Gasteiger partial charge in [-0.15, -0.1) is 0 Å². The van der Waals surface area contributed by atoms with E-state index >= 15 is 0 Å². The van der Waals surface area contributed by atoms with Crippen LogP contribution in [0.25, 0.3) is 5.52 Å². The molecule has 0 amide bonds. The molecule has 2 aromatic rings. The van der Waals surface area contributed by atoms with Gasteiger partial charge in [-0.1, -0.05) is 0 Å². The summed E-state index contributed by atoms with van der Waals surface area (Å²) < 4.78 is 2.55. The van der Waals surface area contributed by atoms with Crippen molar-refractivity contribution in [1.29, 1.82) is 0 Å². The highest BCUT2D eigenvalue weighted by Crippen LogP contribution is 2.36. The highest BCUT2D eigenvalue weighted by molar-refractivity contribution is 14.1. The van der Waals surface area contributed by atoms with Crippen LogP contribution < -0.4 is 5.56 Å². The minimum absolute atomic E-state index is 0.120. The molecule has 0 unspecified atom stereocenters. The van der Waals surface area contributed by atoms with E-state index in [9.17, 15) is 9.90 Å². The largest absolute Gasteiger partial charge is 0.393 e. The van der Waals surface area contributed by atoms with Crippen LogP contribution >= 0.6 is 22.6 Å². The molecular weight excluding hydrogens is 321 g/mol. The lowest BCUT2D eigenvalue weighted by Gasteiger charge is -2.30. The van der Waals surface area contributed by atoms with E-state index in [4.69, 9.17) is 0 Å². The Morgan fingerprint density at radius 1 is 1.56 bits per heavy atom. The fraction of sp³-hybridized carbons (Fsp3) is 0.400. The lowest BCUT2D eigenvalue weighted by molar-refractivity contribution is 0.0714. The van der Waals surface area contributed by atoms with Gasteiger partial charge in [0.1, 0.15) is 15.0 Å². The maximum absolute atomic E-state index is 11.6. The summed E-state index contributed by atoms with van der Waals surface area (Å²) in [6.45, 7) is 0. The topological polar surface area (TPSA) is 70.4 Å². The summed E-state index contributed by atoms with van der Waals surface area (Å²) in [5.41, 5.74) is 0.477. The Morgan fingerprint density at radius 2 is 2.31 bits per heavy atom. The van der Waals surface area contributed by atoms with E-state index in [-0.39, 0.29) is 17.6 Å². The Morgan fingerprint density at radius 3 is 3.00 bits per heavy atom. The average Bonchev–Trinajstić information content (AvgIpc) is 2.53. The van der Waals surface area contributed by atoms with Gasteiger partial charge in [0.05, 0.1) is 6.10 Å². The van der Waals surface area contributed by atoms with Crippen molar-refractivity contribution in [3.63, 3.8) is 0 Å². The van der Waals surface area contributed by atoms with Crippen LogP contribution in [0.15, 0.2) is 17.2 Å². The molecule has 2 aromatic heterocycles. The molecule has 1 fully saturated rings. The molecule has 0 aromatic carbocycles. The smallest absolute Gasteiger partial charge is 0.275 e. The van der Waals surface area contributed by atoms with Crippen molar-refractivity contribution in [1.82, 2.24) is 14.4 Å². The monoisotopic (exact) mass is 331 g/mol. The zero-order valence-corrected chi connectivity index (χ0v) is 10.5. The van der Waals surface area contributed by atoms with Crippen molar-refractivity contribution in [2.45, 2.75) is 24.9 Å². The first-order valence-electron chi connectivity index (χ1n) is 5.10. The number of aromatic amines is 1. The molecule has 0 atom stereocenters. The molecule has 0 bridgehead atoms. The van der Waals surface area contributed by atoms with Crippen molar-refractivity contribution in [3.05, 3.63) is 32.3 Å². The first kappa shape index (κ1) is 10.3. The Bertz CT molecular complexity index is 598. The maximum atomic E-state index is 11.6. The molecule has 6 heteroatoms. The van der Waals surface area contributed by atoms with E-state index in [0.29, 0.717) is 5.52 Å². The predicted molar refractivity (Wildman–Crippen MR) is 66.5 cm³/mol. The van der Waals surface area contributed by atoms with Crippen LogP contribution in [0.3, 0.4) is 0 Å². The Hall–Kier alpha value is -0.890. The molecule has 0 spiro atoms. The van der Waals surface area contributed by atoms with Gasteiger partial charge in [-0.3, -0.25) is 9.20 Å². The van der Waals surface area contributed by atoms with E-state index in [1.54, 1.807) is 6.20 Å². The summed E-state index contributed by atoms with van der Waals surface area (Å²) in [5.74, 6) is 1.16. The highest BCUT2D eigenvalue weighted by Gasteiger charge is 2.32. The van der Waals surface area contributed by atoms with Crippen molar-refractivity contribution in [3.8, 4) is 0 Å². The van der Waals surface area contributed by atoms with Crippen LogP contribution in [0, 0.1) is 3.70 Å². The normalized spacial score (nSPS) is 24.6. The Labute approximate surface area is 105 Å². The molecule has 1 saturated carbocycles. The minimum Gasteiger partial charge on any atom is -0.393 e. The number of aromatic nitrogens is 3. The number of aliphatic hydroxyl groups is 1. The molecule has 1 aliphatic rings. The van der Waals surface area contributed by atoms with E-state index in [2.05, 4.69) is 32.6 Å². The SMILES string of the molecule is O=c1[nH]ccn2c(C3CC(O)C3)nc(I)c12. The number of nitrogens with one attached hydrogen (secondary N) is 1. The van der Waals surface area contributed by atoms with Crippen molar-refractivity contribution < 1.29 is 5.11 Å². The lowest BCUT2D eigenvalue weighted by Crippen LogP contribution is -2.28. The molecule has 84 valence electrons. The number of H-pyrrole nitrogens is 1. The predicted octanol–water partition coefficient (Wildman–Crippen LogP) is 0.865. The number of fused-ring (bicyclic) bond motifs is 1. The standard InChI is InChI=1S/C10H10IN3O2/c11-8-7-10(16)12-1-2-14(7)9(13-8)5-3-6(15)4-5/h1-2,5-6,15H,3-4H2,(H,12,16). The van der Waals surface area contributed by atoms with E-state index in [1.807, 2.05) is 10.6 Å². The number of nitrogens with zero attached hydrogens (tertiary/aromatic N) is 2. The average molecular weight is 331 g/mol. The van der Waals surface area contributed by atoms with Gasteiger partial charge in [0, 0.05) is 18.3 Å². The fourth-order valence-corrected chi connectivity index (χ4v) is 2.87. The molecule has 5 nitrogen and oxygen atoms in total. The molecule has 2 heterocycles. The minimum atomic E-state index is -0.211. The Balaban J connectivity index is 2.20. The number of rotatable bonds is 1. The van der Waals surface area contributed by atoms with E-state index < -0.39 is 0 Å². The summed E-state index contributed by atoms with van der Waals surface area (Å²) in [6, 6.07) is 0. The first-order valence-corrected chi connectivity index (χ1v) is 6.18. The second-order valence-corrected chi connectivity index (χ2v) is 5.11. The van der Waals surface area contributed by atoms with Crippen LogP contribution in [0.5, 0.6) is 0 Å². The molecule has 0 aliphatic heterocycles. The van der Waals surface area contributed by atoms with Crippen molar-refractivity contribution in [2.75, 3.05) is 0 Å². The molecule has 0 radical (unpaired) electrons. The fourth-order valence-electron chi connectivity index (χ4n) is 2.12. The number of halogens is 1. The number of aliphatic hydroxyl groups excluding tert-OH is 1. The van der Waals surface area contributed by atoms with Crippen LogP contribution in [0.1, 0.15) is 24.6 Å². The molecule has 2 N–H and O–H groups in total. The van der Waals surface area contributed by atoms with Gasteiger partial charge in [-0.25, -0.2) is 4.98 Å². The maximum Gasteiger partial charge on any atom is 0.275 e. The van der Waals surface area contributed by atoms with Gasteiger partial charge in [0.15, 0.2) is 0 Å². The lowest BCUT2D eigenvalue weighted by atomic mass is 9.82. The first-order chi connectivity index (χ1) is 7.66.